The normalized spacial score (nSPS) is 21.6. The summed E-state index contributed by atoms with van der Waals surface area (Å²) in [5, 5.41) is 0. The molecule has 0 aromatic heterocycles. The monoisotopic (exact) mass is 198 g/mol. The number of rotatable bonds is 6. The molecule has 1 rings (SSSR count). The number of hydrogen-bond donors (Lipinski definition) is 1. The molecule has 1 unspecified atom stereocenters. The Bertz CT molecular complexity index is 171. The van der Waals surface area contributed by atoms with E-state index in [0.29, 0.717) is 6.04 Å². The molecule has 1 fully saturated rings. The predicted molar refractivity (Wildman–Crippen MR) is 62.3 cm³/mol. The quantitative estimate of drug-likeness (QED) is 0.709. The first-order valence-electron chi connectivity index (χ1n) is 6.00. The highest BCUT2D eigenvalue weighted by atomic mass is 15.2. The molecule has 0 aliphatic heterocycles. The van der Waals surface area contributed by atoms with Crippen LogP contribution in [0.3, 0.4) is 0 Å². The molecule has 1 aliphatic carbocycles. The molecular weight excluding hydrogens is 172 g/mol. The first-order chi connectivity index (χ1) is 6.47. The Hall–Kier alpha value is -0.0800. The van der Waals surface area contributed by atoms with Gasteiger partial charge in [-0.25, -0.2) is 0 Å². The van der Waals surface area contributed by atoms with Gasteiger partial charge >= 0.3 is 0 Å². The molecule has 2 N–H and O–H groups in total. The smallest absolute Gasteiger partial charge is 0.0283 e. The maximum absolute atomic E-state index is 6.35. The standard InChI is InChI=1S/C12H26N2/c1-5-8-14(10(2)3)9-12(4,13)11-6-7-11/h10-11H,5-9,13H2,1-4H3. The van der Waals surface area contributed by atoms with Crippen LogP contribution in [-0.2, 0) is 0 Å². The lowest BCUT2D eigenvalue weighted by Gasteiger charge is -2.35. The molecule has 1 atom stereocenters. The molecule has 0 radical (unpaired) electrons. The van der Waals surface area contributed by atoms with Crippen LogP contribution in [-0.4, -0.2) is 29.6 Å². The van der Waals surface area contributed by atoms with Crippen LogP contribution >= 0.6 is 0 Å². The summed E-state index contributed by atoms with van der Waals surface area (Å²) in [6.45, 7) is 11.2. The molecular formula is C12H26N2. The van der Waals surface area contributed by atoms with Crippen molar-refractivity contribution in [3.8, 4) is 0 Å². The topological polar surface area (TPSA) is 29.3 Å². The van der Waals surface area contributed by atoms with Gasteiger partial charge in [-0.2, -0.15) is 0 Å². The van der Waals surface area contributed by atoms with Crippen LogP contribution < -0.4 is 5.73 Å². The summed E-state index contributed by atoms with van der Waals surface area (Å²) in [4.78, 5) is 2.51. The number of hydrogen-bond acceptors (Lipinski definition) is 2. The Kier molecular flexibility index (Phi) is 3.96. The van der Waals surface area contributed by atoms with Crippen LogP contribution in [0.4, 0.5) is 0 Å². The van der Waals surface area contributed by atoms with Gasteiger partial charge in [-0.05, 0) is 52.5 Å². The third-order valence-corrected chi connectivity index (χ3v) is 3.29. The van der Waals surface area contributed by atoms with Gasteiger partial charge in [0.05, 0.1) is 0 Å². The van der Waals surface area contributed by atoms with Crippen molar-refractivity contribution in [2.75, 3.05) is 13.1 Å². The zero-order valence-corrected chi connectivity index (χ0v) is 10.2. The summed E-state index contributed by atoms with van der Waals surface area (Å²) in [5.74, 6) is 0.778. The predicted octanol–water partition coefficient (Wildman–Crippen LogP) is 2.23. The van der Waals surface area contributed by atoms with Gasteiger partial charge in [0, 0.05) is 18.1 Å². The van der Waals surface area contributed by atoms with Gasteiger partial charge in [-0.3, -0.25) is 4.90 Å². The summed E-state index contributed by atoms with van der Waals surface area (Å²) < 4.78 is 0. The second-order valence-electron chi connectivity index (χ2n) is 5.34. The first kappa shape index (κ1) is 12.0. The van der Waals surface area contributed by atoms with Gasteiger partial charge in [0.25, 0.3) is 0 Å². The van der Waals surface area contributed by atoms with Crippen molar-refractivity contribution in [2.45, 2.75) is 58.5 Å². The van der Waals surface area contributed by atoms with Gasteiger partial charge in [-0.1, -0.05) is 6.92 Å². The Morgan fingerprint density at radius 2 is 2.00 bits per heavy atom. The van der Waals surface area contributed by atoms with Gasteiger partial charge in [0.1, 0.15) is 0 Å². The molecule has 0 amide bonds. The molecule has 0 bridgehead atoms. The molecule has 1 saturated carbocycles. The Labute approximate surface area is 88.8 Å². The molecule has 0 spiro atoms. The minimum Gasteiger partial charge on any atom is -0.324 e. The number of nitrogens with zero attached hydrogens (tertiary/aromatic N) is 1. The number of nitrogens with two attached hydrogens (primary N) is 1. The zero-order valence-electron chi connectivity index (χ0n) is 10.2. The summed E-state index contributed by atoms with van der Waals surface area (Å²) in [7, 11) is 0. The third-order valence-electron chi connectivity index (χ3n) is 3.29. The van der Waals surface area contributed by atoms with E-state index in [-0.39, 0.29) is 5.54 Å². The second-order valence-corrected chi connectivity index (χ2v) is 5.34. The Morgan fingerprint density at radius 3 is 2.36 bits per heavy atom. The highest BCUT2D eigenvalue weighted by Crippen LogP contribution is 2.38. The van der Waals surface area contributed by atoms with Crippen molar-refractivity contribution in [1.29, 1.82) is 0 Å². The summed E-state index contributed by atoms with van der Waals surface area (Å²) in [6, 6.07) is 0.622. The van der Waals surface area contributed by atoms with E-state index in [4.69, 9.17) is 5.73 Å². The molecule has 1 aliphatic rings. The molecule has 2 nitrogen and oxygen atoms in total. The summed E-state index contributed by atoms with van der Waals surface area (Å²) in [6.07, 6.45) is 3.90. The van der Waals surface area contributed by atoms with Crippen molar-refractivity contribution in [2.24, 2.45) is 11.7 Å². The van der Waals surface area contributed by atoms with E-state index in [1.54, 1.807) is 0 Å². The zero-order chi connectivity index (χ0) is 10.8. The van der Waals surface area contributed by atoms with Crippen molar-refractivity contribution >= 4 is 0 Å². The largest absolute Gasteiger partial charge is 0.324 e. The molecule has 0 saturated heterocycles. The van der Waals surface area contributed by atoms with Gasteiger partial charge < -0.3 is 5.73 Å². The summed E-state index contributed by atoms with van der Waals surface area (Å²) >= 11 is 0. The van der Waals surface area contributed by atoms with E-state index in [1.165, 1.54) is 25.8 Å². The van der Waals surface area contributed by atoms with E-state index in [1.807, 2.05) is 0 Å². The third kappa shape index (κ3) is 3.25. The van der Waals surface area contributed by atoms with E-state index < -0.39 is 0 Å². The minimum atomic E-state index is 0.0411. The highest BCUT2D eigenvalue weighted by molar-refractivity contribution is 4.97. The minimum absolute atomic E-state index is 0.0411. The van der Waals surface area contributed by atoms with E-state index in [2.05, 4.69) is 32.6 Å². The van der Waals surface area contributed by atoms with Gasteiger partial charge in [0.15, 0.2) is 0 Å². The van der Waals surface area contributed by atoms with Crippen molar-refractivity contribution in [1.82, 2.24) is 4.90 Å². The van der Waals surface area contributed by atoms with Crippen molar-refractivity contribution < 1.29 is 0 Å². The van der Waals surface area contributed by atoms with E-state index in [0.717, 1.165) is 12.5 Å². The van der Waals surface area contributed by atoms with Crippen LogP contribution in [0.25, 0.3) is 0 Å². The molecule has 14 heavy (non-hydrogen) atoms. The molecule has 84 valence electrons. The summed E-state index contributed by atoms with van der Waals surface area (Å²) in [5.41, 5.74) is 6.39. The lowest BCUT2D eigenvalue weighted by atomic mass is 9.96. The van der Waals surface area contributed by atoms with E-state index >= 15 is 0 Å². The fourth-order valence-electron chi connectivity index (χ4n) is 2.12. The maximum atomic E-state index is 6.35. The Morgan fingerprint density at radius 1 is 1.43 bits per heavy atom. The molecule has 0 aromatic carbocycles. The van der Waals surface area contributed by atoms with Crippen molar-refractivity contribution in [3.05, 3.63) is 0 Å². The first-order valence-corrected chi connectivity index (χ1v) is 6.00. The lowest BCUT2D eigenvalue weighted by molar-refractivity contribution is 0.165. The molecule has 2 heteroatoms. The van der Waals surface area contributed by atoms with Gasteiger partial charge in [0.2, 0.25) is 0 Å². The van der Waals surface area contributed by atoms with Crippen LogP contribution in [0, 0.1) is 5.92 Å². The average Bonchev–Trinajstić information content (AvgIpc) is 2.84. The van der Waals surface area contributed by atoms with Crippen LogP contribution in [0.2, 0.25) is 0 Å². The highest BCUT2D eigenvalue weighted by Gasteiger charge is 2.39. The second kappa shape index (κ2) is 4.63. The van der Waals surface area contributed by atoms with E-state index in [9.17, 15) is 0 Å². The lowest BCUT2D eigenvalue weighted by Crippen LogP contribution is -2.51. The van der Waals surface area contributed by atoms with Gasteiger partial charge in [-0.15, -0.1) is 0 Å². The Balaban J connectivity index is 2.44. The average molecular weight is 198 g/mol. The molecule has 0 aromatic rings. The van der Waals surface area contributed by atoms with Crippen LogP contribution in [0.5, 0.6) is 0 Å². The van der Waals surface area contributed by atoms with Crippen molar-refractivity contribution in [3.63, 3.8) is 0 Å². The fourth-order valence-corrected chi connectivity index (χ4v) is 2.12. The van der Waals surface area contributed by atoms with Crippen LogP contribution in [0.1, 0.15) is 47.0 Å². The molecule has 0 heterocycles. The maximum Gasteiger partial charge on any atom is 0.0283 e. The fraction of sp³-hybridized carbons (Fsp3) is 1.00. The SMILES string of the molecule is CCCN(CC(C)(N)C1CC1)C(C)C. The van der Waals surface area contributed by atoms with Crippen LogP contribution in [0.15, 0.2) is 0 Å².